The van der Waals surface area contributed by atoms with Crippen LogP contribution in [0, 0.1) is 13.8 Å². The fourth-order valence-electron chi connectivity index (χ4n) is 2.76. The summed E-state index contributed by atoms with van der Waals surface area (Å²) in [7, 11) is 0. The molecule has 0 unspecified atom stereocenters. The molecule has 0 spiro atoms. The van der Waals surface area contributed by atoms with E-state index < -0.39 is 0 Å². The van der Waals surface area contributed by atoms with Crippen LogP contribution in [0.15, 0.2) is 18.2 Å². The lowest BCUT2D eigenvalue weighted by molar-refractivity contribution is -0.131. The lowest BCUT2D eigenvalue weighted by Gasteiger charge is -2.36. The molecule has 1 aliphatic rings. The smallest absolute Gasteiger partial charge is 0.317 e. The van der Waals surface area contributed by atoms with Crippen molar-refractivity contribution in [2.24, 2.45) is 0 Å². The first-order valence-corrected chi connectivity index (χ1v) is 8.57. The van der Waals surface area contributed by atoms with Crippen molar-refractivity contribution in [1.82, 2.24) is 15.1 Å². The molecule has 1 saturated heterocycles. The highest BCUT2D eigenvalue weighted by molar-refractivity contribution is 5.80. The molecule has 5 heteroatoms. The van der Waals surface area contributed by atoms with E-state index >= 15 is 0 Å². The number of hydrogen-bond acceptors (Lipinski definition) is 2. The van der Waals surface area contributed by atoms with Crippen LogP contribution in [0.4, 0.5) is 4.79 Å². The minimum absolute atomic E-state index is 0.0521. The van der Waals surface area contributed by atoms with Crippen molar-refractivity contribution in [2.45, 2.75) is 46.6 Å². The Morgan fingerprint density at radius 2 is 1.58 bits per heavy atom. The summed E-state index contributed by atoms with van der Waals surface area (Å²) in [5, 5.41) is 2.97. The van der Waals surface area contributed by atoms with Crippen molar-refractivity contribution in [3.05, 3.63) is 34.9 Å². The van der Waals surface area contributed by atoms with Crippen LogP contribution in [0.2, 0.25) is 0 Å². The number of aryl methyl sites for hydroxylation is 2. The predicted octanol–water partition coefficient (Wildman–Crippen LogP) is 2.50. The van der Waals surface area contributed by atoms with Crippen LogP contribution < -0.4 is 5.32 Å². The van der Waals surface area contributed by atoms with E-state index in [1.165, 1.54) is 11.1 Å². The molecule has 1 aromatic carbocycles. The topological polar surface area (TPSA) is 52.7 Å². The molecular weight excluding hydrogens is 302 g/mol. The van der Waals surface area contributed by atoms with E-state index in [0.717, 1.165) is 5.56 Å². The number of hydrogen-bond donors (Lipinski definition) is 1. The molecule has 0 aliphatic carbocycles. The Hall–Kier alpha value is -2.04. The average Bonchev–Trinajstić information content (AvgIpc) is 2.49. The molecule has 2 rings (SSSR count). The Bertz CT molecular complexity index is 612. The number of nitrogens with zero attached hydrogens (tertiary/aromatic N) is 2. The number of piperazine rings is 1. The molecule has 0 radical (unpaired) electrons. The van der Waals surface area contributed by atoms with Gasteiger partial charge >= 0.3 is 6.03 Å². The van der Waals surface area contributed by atoms with Crippen molar-refractivity contribution < 1.29 is 9.59 Å². The monoisotopic (exact) mass is 331 g/mol. The molecule has 1 aliphatic heterocycles. The summed E-state index contributed by atoms with van der Waals surface area (Å²) in [4.78, 5) is 28.3. The van der Waals surface area contributed by atoms with Crippen LogP contribution in [0.25, 0.3) is 0 Å². The second kappa shape index (κ2) is 7.24. The number of benzene rings is 1. The van der Waals surface area contributed by atoms with Gasteiger partial charge in [0.05, 0.1) is 6.42 Å². The first kappa shape index (κ1) is 18.3. The van der Waals surface area contributed by atoms with Crippen LogP contribution in [-0.2, 0) is 11.2 Å². The minimum atomic E-state index is -0.243. The maximum absolute atomic E-state index is 12.5. The molecule has 0 bridgehead atoms. The summed E-state index contributed by atoms with van der Waals surface area (Å²) in [6.45, 7) is 12.4. The van der Waals surface area contributed by atoms with E-state index in [9.17, 15) is 9.59 Å². The first-order valence-electron chi connectivity index (χ1n) is 8.57. The zero-order chi connectivity index (χ0) is 17.9. The van der Waals surface area contributed by atoms with E-state index in [2.05, 4.69) is 31.3 Å². The van der Waals surface area contributed by atoms with Crippen LogP contribution in [-0.4, -0.2) is 53.5 Å². The third kappa shape index (κ3) is 4.98. The Labute approximate surface area is 145 Å². The first-order chi connectivity index (χ1) is 11.2. The number of carbonyl (C=O) groups is 2. The quantitative estimate of drug-likeness (QED) is 0.905. The maximum atomic E-state index is 12.5. The molecule has 1 aromatic rings. The third-order valence-electron chi connectivity index (χ3n) is 4.33. The van der Waals surface area contributed by atoms with E-state index in [0.29, 0.717) is 32.6 Å². The predicted molar refractivity (Wildman–Crippen MR) is 96.1 cm³/mol. The van der Waals surface area contributed by atoms with Gasteiger partial charge in [0.25, 0.3) is 0 Å². The molecular formula is C19H29N3O2. The van der Waals surface area contributed by atoms with Gasteiger partial charge < -0.3 is 15.1 Å². The second-order valence-electron chi connectivity index (χ2n) is 7.64. The average molecular weight is 331 g/mol. The number of amides is 3. The summed E-state index contributed by atoms with van der Waals surface area (Å²) in [5.74, 6) is 0.133. The Morgan fingerprint density at radius 3 is 2.12 bits per heavy atom. The largest absolute Gasteiger partial charge is 0.339 e. The van der Waals surface area contributed by atoms with Crippen molar-refractivity contribution in [3.8, 4) is 0 Å². The van der Waals surface area contributed by atoms with Gasteiger partial charge in [-0.2, -0.15) is 0 Å². The van der Waals surface area contributed by atoms with Gasteiger partial charge in [-0.15, -0.1) is 0 Å². The highest BCUT2D eigenvalue weighted by atomic mass is 16.2. The van der Waals surface area contributed by atoms with Gasteiger partial charge in [-0.1, -0.05) is 18.2 Å². The van der Waals surface area contributed by atoms with Gasteiger partial charge in [0.15, 0.2) is 0 Å². The van der Waals surface area contributed by atoms with Gasteiger partial charge in [0, 0.05) is 31.7 Å². The number of rotatable bonds is 2. The molecule has 0 atom stereocenters. The molecule has 3 amide bonds. The fourth-order valence-corrected chi connectivity index (χ4v) is 2.76. The lowest BCUT2D eigenvalue weighted by atomic mass is 10.0. The lowest BCUT2D eigenvalue weighted by Crippen LogP contribution is -2.56. The van der Waals surface area contributed by atoms with E-state index in [4.69, 9.17) is 0 Å². The summed E-state index contributed by atoms with van der Waals surface area (Å²) in [6, 6.07) is 6.11. The van der Waals surface area contributed by atoms with Gasteiger partial charge in [-0.3, -0.25) is 4.79 Å². The normalized spacial score (nSPS) is 15.4. The molecule has 5 nitrogen and oxygen atoms in total. The standard InChI is InChI=1S/C19H29N3O2/c1-14-6-7-16(12-15(14)2)13-17(23)21-8-10-22(11-9-21)18(24)20-19(3,4)5/h6-7,12H,8-11,13H2,1-5H3,(H,20,24). The molecule has 1 N–H and O–H groups in total. The molecule has 0 aromatic heterocycles. The van der Waals surface area contributed by atoms with Gasteiger partial charge in [-0.25, -0.2) is 4.79 Å². The van der Waals surface area contributed by atoms with E-state index in [-0.39, 0.29) is 17.5 Å². The van der Waals surface area contributed by atoms with Crippen LogP contribution in [0.3, 0.4) is 0 Å². The highest BCUT2D eigenvalue weighted by Gasteiger charge is 2.26. The van der Waals surface area contributed by atoms with Gasteiger partial charge in [-0.05, 0) is 51.3 Å². The summed E-state index contributed by atoms with van der Waals surface area (Å²) >= 11 is 0. The Kier molecular flexibility index (Phi) is 5.52. The SMILES string of the molecule is Cc1ccc(CC(=O)N2CCN(C(=O)NC(C)(C)C)CC2)cc1C. The summed E-state index contributed by atoms with van der Waals surface area (Å²) in [5.41, 5.74) is 3.26. The van der Waals surface area contributed by atoms with Crippen LogP contribution >= 0.6 is 0 Å². The van der Waals surface area contributed by atoms with Crippen LogP contribution in [0.5, 0.6) is 0 Å². The zero-order valence-electron chi connectivity index (χ0n) is 15.5. The molecule has 132 valence electrons. The van der Waals surface area contributed by atoms with Crippen LogP contribution in [0.1, 0.15) is 37.5 Å². The van der Waals surface area contributed by atoms with Crippen molar-refractivity contribution >= 4 is 11.9 Å². The number of carbonyl (C=O) groups excluding carboxylic acids is 2. The fraction of sp³-hybridized carbons (Fsp3) is 0.579. The molecule has 1 fully saturated rings. The van der Waals surface area contributed by atoms with E-state index in [1.807, 2.05) is 31.7 Å². The minimum Gasteiger partial charge on any atom is -0.339 e. The maximum Gasteiger partial charge on any atom is 0.317 e. The van der Waals surface area contributed by atoms with Crippen molar-refractivity contribution in [3.63, 3.8) is 0 Å². The summed E-state index contributed by atoms with van der Waals surface area (Å²) < 4.78 is 0. The molecule has 1 heterocycles. The Balaban J connectivity index is 1.86. The number of nitrogens with one attached hydrogen (secondary N) is 1. The zero-order valence-corrected chi connectivity index (χ0v) is 15.5. The van der Waals surface area contributed by atoms with E-state index in [1.54, 1.807) is 4.90 Å². The highest BCUT2D eigenvalue weighted by Crippen LogP contribution is 2.12. The van der Waals surface area contributed by atoms with Gasteiger partial charge in [0.1, 0.15) is 0 Å². The third-order valence-corrected chi connectivity index (χ3v) is 4.33. The van der Waals surface area contributed by atoms with Crippen molar-refractivity contribution in [1.29, 1.82) is 0 Å². The Morgan fingerprint density at radius 1 is 1.00 bits per heavy atom. The number of urea groups is 1. The second-order valence-corrected chi connectivity index (χ2v) is 7.64. The van der Waals surface area contributed by atoms with Gasteiger partial charge in [0.2, 0.25) is 5.91 Å². The summed E-state index contributed by atoms with van der Waals surface area (Å²) in [6.07, 6.45) is 0.426. The molecule has 24 heavy (non-hydrogen) atoms. The molecule has 0 saturated carbocycles. The van der Waals surface area contributed by atoms with Crippen molar-refractivity contribution in [2.75, 3.05) is 26.2 Å².